The van der Waals surface area contributed by atoms with Crippen LogP contribution in [0.1, 0.15) is 13.3 Å². The molecule has 1 fully saturated rings. The van der Waals surface area contributed by atoms with Gasteiger partial charge in [0.1, 0.15) is 5.75 Å². The lowest BCUT2D eigenvalue weighted by atomic mass is 10.1. The van der Waals surface area contributed by atoms with Crippen LogP contribution in [0, 0.1) is 5.92 Å². The van der Waals surface area contributed by atoms with Gasteiger partial charge in [0.25, 0.3) is 5.91 Å². The number of aliphatic hydroxyl groups is 1. The van der Waals surface area contributed by atoms with Gasteiger partial charge in [-0.3, -0.25) is 4.79 Å². The normalized spacial score (nSPS) is 20.0. The molecule has 0 radical (unpaired) electrons. The number of hydrogen-bond donors (Lipinski definition) is 1. The Hall–Kier alpha value is -0.780. The van der Waals surface area contributed by atoms with E-state index in [0.717, 1.165) is 10.9 Å². The topological polar surface area (TPSA) is 49.8 Å². The summed E-state index contributed by atoms with van der Waals surface area (Å²) in [4.78, 5) is 14.0. The van der Waals surface area contributed by atoms with E-state index in [1.807, 2.05) is 0 Å². The second-order valence-electron chi connectivity index (χ2n) is 4.96. The van der Waals surface area contributed by atoms with Crippen LogP contribution in [0.4, 0.5) is 0 Å². The van der Waals surface area contributed by atoms with Crippen LogP contribution in [0.5, 0.6) is 5.75 Å². The van der Waals surface area contributed by atoms with Crippen LogP contribution in [0.15, 0.2) is 22.7 Å². The Morgan fingerprint density at radius 1 is 1.65 bits per heavy atom. The Morgan fingerprint density at radius 2 is 2.40 bits per heavy atom. The summed E-state index contributed by atoms with van der Waals surface area (Å²) in [5.74, 6) is 0.726. The summed E-state index contributed by atoms with van der Waals surface area (Å²) in [6.07, 6.45) is 0.282. The SMILES string of the molecule is CC(Oc1ccc(Cl)cc1Br)C(=O)N1CCC(CO)C1. The third-order valence-electron chi connectivity index (χ3n) is 3.40. The van der Waals surface area contributed by atoms with Crippen LogP contribution < -0.4 is 4.74 Å². The highest BCUT2D eigenvalue weighted by Gasteiger charge is 2.29. The number of carbonyl (C=O) groups excluding carboxylic acids is 1. The lowest BCUT2D eigenvalue weighted by molar-refractivity contribution is -0.137. The Labute approximate surface area is 131 Å². The number of nitrogens with zero attached hydrogens (tertiary/aromatic N) is 1. The lowest BCUT2D eigenvalue weighted by Crippen LogP contribution is -2.39. The quantitative estimate of drug-likeness (QED) is 0.896. The Morgan fingerprint density at radius 3 is 3.00 bits per heavy atom. The van der Waals surface area contributed by atoms with E-state index in [2.05, 4.69) is 15.9 Å². The van der Waals surface area contributed by atoms with E-state index in [1.165, 1.54) is 0 Å². The number of benzene rings is 1. The number of rotatable bonds is 4. The summed E-state index contributed by atoms with van der Waals surface area (Å²) in [7, 11) is 0. The predicted molar refractivity (Wildman–Crippen MR) is 81.0 cm³/mol. The molecule has 1 amide bonds. The molecule has 0 spiro atoms. The van der Waals surface area contributed by atoms with Gasteiger partial charge in [-0.15, -0.1) is 0 Å². The number of likely N-dealkylation sites (tertiary alicyclic amines) is 1. The Kier molecular flexibility index (Phi) is 5.29. The lowest BCUT2D eigenvalue weighted by Gasteiger charge is -2.22. The fourth-order valence-corrected chi connectivity index (χ4v) is 3.03. The highest BCUT2D eigenvalue weighted by atomic mass is 79.9. The van der Waals surface area contributed by atoms with Crippen molar-refractivity contribution in [2.75, 3.05) is 19.7 Å². The Bertz CT molecular complexity index is 497. The van der Waals surface area contributed by atoms with Crippen molar-refractivity contribution in [3.8, 4) is 5.75 Å². The van der Waals surface area contributed by atoms with Gasteiger partial charge in [0, 0.05) is 30.6 Å². The largest absolute Gasteiger partial charge is 0.480 e. The van der Waals surface area contributed by atoms with Crippen molar-refractivity contribution < 1.29 is 14.6 Å². The van der Waals surface area contributed by atoms with E-state index in [4.69, 9.17) is 21.4 Å². The van der Waals surface area contributed by atoms with Gasteiger partial charge in [0.15, 0.2) is 6.10 Å². The molecule has 0 saturated carbocycles. The minimum atomic E-state index is -0.565. The summed E-state index contributed by atoms with van der Waals surface area (Å²) in [6.45, 7) is 3.14. The van der Waals surface area contributed by atoms with Gasteiger partial charge in [0.05, 0.1) is 4.47 Å². The molecule has 110 valence electrons. The monoisotopic (exact) mass is 361 g/mol. The van der Waals surface area contributed by atoms with Crippen LogP contribution in [-0.4, -0.2) is 41.7 Å². The standard InChI is InChI=1S/C14H17BrClNO3/c1-9(14(19)17-5-4-10(7-17)8-18)20-13-3-2-11(16)6-12(13)15/h2-3,6,9-10,18H,4-5,7-8H2,1H3. The van der Waals surface area contributed by atoms with Crippen LogP contribution in [0.2, 0.25) is 5.02 Å². The molecule has 20 heavy (non-hydrogen) atoms. The molecule has 2 rings (SSSR count). The number of hydrogen-bond acceptors (Lipinski definition) is 3. The zero-order valence-electron chi connectivity index (χ0n) is 11.2. The molecule has 0 aromatic heterocycles. The maximum absolute atomic E-state index is 12.3. The maximum Gasteiger partial charge on any atom is 0.263 e. The third kappa shape index (κ3) is 3.65. The van der Waals surface area contributed by atoms with Gasteiger partial charge in [-0.2, -0.15) is 0 Å². The first-order valence-corrected chi connectivity index (χ1v) is 7.69. The molecule has 0 aliphatic carbocycles. The first kappa shape index (κ1) is 15.6. The van der Waals surface area contributed by atoms with Gasteiger partial charge in [-0.25, -0.2) is 0 Å². The fraction of sp³-hybridized carbons (Fsp3) is 0.500. The molecule has 1 heterocycles. The summed E-state index contributed by atoms with van der Waals surface area (Å²) >= 11 is 9.23. The summed E-state index contributed by atoms with van der Waals surface area (Å²) in [6, 6.07) is 5.18. The first-order chi connectivity index (χ1) is 9.51. The molecule has 1 aromatic carbocycles. The van der Waals surface area contributed by atoms with Crippen molar-refractivity contribution in [3.63, 3.8) is 0 Å². The third-order valence-corrected chi connectivity index (χ3v) is 4.26. The highest BCUT2D eigenvalue weighted by Crippen LogP contribution is 2.29. The van der Waals surface area contributed by atoms with Crippen LogP contribution in [-0.2, 0) is 4.79 Å². The van der Waals surface area contributed by atoms with E-state index in [0.29, 0.717) is 23.9 Å². The van der Waals surface area contributed by atoms with Crippen molar-refractivity contribution in [2.24, 2.45) is 5.92 Å². The van der Waals surface area contributed by atoms with E-state index in [-0.39, 0.29) is 18.4 Å². The number of amides is 1. The average molecular weight is 363 g/mol. The van der Waals surface area contributed by atoms with Crippen molar-refractivity contribution >= 4 is 33.4 Å². The van der Waals surface area contributed by atoms with Crippen molar-refractivity contribution in [1.82, 2.24) is 4.90 Å². The second kappa shape index (κ2) is 6.78. The first-order valence-electron chi connectivity index (χ1n) is 6.52. The van der Waals surface area contributed by atoms with E-state index >= 15 is 0 Å². The minimum Gasteiger partial charge on any atom is -0.480 e. The van der Waals surface area contributed by atoms with E-state index < -0.39 is 6.10 Å². The predicted octanol–water partition coefficient (Wildman–Crippen LogP) is 2.71. The molecular formula is C14H17BrClNO3. The molecule has 6 heteroatoms. The van der Waals surface area contributed by atoms with Crippen molar-refractivity contribution in [3.05, 3.63) is 27.7 Å². The molecule has 2 atom stereocenters. The summed E-state index contributed by atoms with van der Waals surface area (Å²) in [5, 5.41) is 9.72. The number of aliphatic hydroxyl groups excluding tert-OH is 1. The number of halogens is 2. The molecule has 0 bridgehead atoms. The van der Waals surface area contributed by atoms with Crippen molar-refractivity contribution in [1.29, 1.82) is 0 Å². The van der Waals surface area contributed by atoms with E-state index in [1.54, 1.807) is 30.0 Å². The highest BCUT2D eigenvalue weighted by molar-refractivity contribution is 9.10. The van der Waals surface area contributed by atoms with Crippen LogP contribution in [0.25, 0.3) is 0 Å². The molecule has 1 aliphatic heterocycles. The molecule has 1 aliphatic rings. The van der Waals surface area contributed by atoms with Crippen LogP contribution >= 0.6 is 27.5 Å². The maximum atomic E-state index is 12.3. The molecule has 2 unspecified atom stereocenters. The summed E-state index contributed by atoms with van der Waals surface area (Å²) in [5.41, 5.74) is 0. The van der Waals surface area contributed by atoms with Crippen molar-refractivity contribution in [2.45, 2.75) is 19.4 Å². The van der Waals surface area contributed by atoms with Gasteiger partial charge < -0.3 is 14.7 Å². The van der Waals surface area contributed by atoms with Gasteiger partial charge in [-0.05, 0) is 47.5 Å². The molecule has 1 N–H and O–H groups in total. The molecule has 4 nitrogen and oxygen atoms in total. The number of ether oxygens (including phenoxy) is 1. The van der Waals surface area contributed by atoms with Gasteiger partial charge >= 0.3 is 0 Å². The zero-order valence-corrected chi connectivity index (χ0v) is 13.5. The van der Waals surface area contributed by atoms with E-state index in [9.17, 15) is 4.79 Å². The molecular weight excluding hydrogens is 346 g/mol. The molecule has 1 aromatic rings. The zero-order chi connectivity index (χ0) is 14.7. The minimum absolute atomic E-state index is 0.0530. The van der Waals surface area contributed by atoms with Crippen LogP contribution in [0.3, 0.4) is 0 Å². The van der Waals surface area contributed by atoms with Gasteiger partial charge in [0.2, 0.25) is 0 Å². The number of carbonyl (C=O) groups is 1. The second-order valence-corrected chi connectivity index (χ2v) is 6.25. The Balaban J connectivity index is 1.97. The summed E-state index contributed by atoms with van der Waals surface area (Å²) < 4.78 is 6.41. The smallest absolute Gasteiger partial charge is 0.263 e. The average Bonchev–Trinajstić information content (AvgIpc) is 2.89. The fourth-order valence-electron chi connectivity index (χ4n) is 2.25. The molecule has 1 saturated heterocycles. The van der Waals surface area contributed by atoms with Gasteiger partial charge in [-0.1, -0.05) is 11.6 Å².